The molecule has 0 fully saturated rings. The van der Waals surface area contributed by atoms with Crippen LogP contribution in [0.4, 0.5) is 5.82 Å². The molecule has 3 aromatic rings. The second-order valence-corrected chi connectivity index (χ2v) is 4.89. The lowest BCUT2D eigenvalue weighted by molar-refractivity contribution is 0.425. The summed E-state index contributed by atoms with van der Waals surface area (Å²) < 4.78 is 10.8. The van der Waals surface area contributed by atoms with Crippen LogP contribution in [0, 0.1) is 13.8 Å². The molecule has 3 rings (SSSR count). The zero-order valence-electron chi connectivity index (χ0n) is 12.1. The van der Waals surface area contributed by atoms with E-state index in [1.807, 2.05) is 38.1 Å². The van der Waals surface area contributed by atoms with Crippen LogP contribution in [0.2, 0.25) is 0 Å². The van der Waals surface area contributed by atoms with Crippen molar-refractivity contribution in [3.8, 4) is 11.5 Å². The number of furan rings is 1. The molecule has 1 atom stereocenters. The number of nitrogens with zero attached hydrogens (tertiary/aromatic N) is 3. The van der Waals surface area contributed by atoms with E-state index < -0.39 is 0 Å². The van der Waals surface area contributed by atoms with Crippen LogP contribution in [0.15, 0.2) is 39.4 Å². The molecule has 0 radical (unpaired) electrons. The van der Waals surface area contributed by atoms with Crippen molar-refractivity contribution in [2.45, 2.75) is 26.8 Å². The Balaban J connectivity index is 1.80. The lowest BCUT2D eigenvalue weighted by Crippen LogP contribution is -2.06. The molecule has 108 valence electrons. The Kier molecular flexibility index (Phi) is 3.43. The van der Waals surface area contributed by atoms with Gasteiger partial charge in [0.05, 0.1) is 6.04 Å². The fourth-order valence-electron chi connectivity index (χ4n) is 2.04. The maximum atomic E-state index is 5.60. The third-order valence-electron chi connectivity index (χ3n) is 3.09. The Morgan fingerprint density at radius 1 is 1.19 bits per heavy atom. The molecule has 0 bridgehead atoms. The number of nitrogens with one attached hydrogen (secondary N) is 1. The Morgan fingerprint density at radius 2 is 2.05 bits per heavy atom. The monoisotopic (exact) mass is 284 g/mol. The Hall–Kier alpha value is -2.63. The van der Waals surface area contributed by atoms with E-state index in [9.17, 15) is 0 Å². The maximum absolute atomic E-state index is 5.60. The van der Waals surface area contributed by atoms with E-state index in [1.165, 1.54) is 0 Å². The number of aromatic nitrogens is 3. The summed E-state index contributed by atoms with van der Waals surface area (Å²) in [4.78, 5) is 8.51. The van der Waals surface area contributed by atoms with E-state index in [1.54, 1.807) is 13.1 Å². The van der Waals surface area contributed by atoms with Crippen LogP contribution in [-0.4, -0.2) is 15.1 Å². The predicted molar refractivity (Wildman–Crippen MR) is 77.7 cm³/mol. The molecule has 0 saturated heterocycles. The van der Waals surface area contributed by atoms with Crippen molar-refractivity contribution < 1.29 is 8.94 Å². The van der Waals surface area contributed by atoms with E-state index in [0.29, 0.717) is 11.7 Å². The highest BCUT2D eigenvalue weighted by Crippen LogP contribution is 2.23. The van der Waals surface area contributed by atoms with Gasteiger partial charge in [0, 0.05) is 11.8 Å². The normalized spacial score (nSPS) is 12.3. The van der Waals surface area contributed by atoms with Gasteiger partial charge in [-0.2, -0.15) is 4.98 Å². The standard InChI is InChI=1S/C15H16N4O2/c1-9-4-5-13(20-9)10(2)17-14-8-12(6-7-16-14)15-18-11(3)19-21-15/h4-8,10H,1-3H3,(H,16,17)/t10-/m0/s1. The summed E-state index contributed by atoms with van der Waals surface area (Å²) in [5, 5.41) is 7.09. The summed E-state index contributed by atoms with van der Waals surface area (Å²) in [5.41, 5.74) is 0.830. The Morgan fingerprint density at radius 3 is 2.71 bits per heavy atom. The highest BCUT2D eigenvalue weighted by atomic mass is 16.5. The third kappa shape index (κ3) is 2.94. The van der Waals surface area contributed by atoms with Gasteiger partial charge in [-0.05, 0) is 45.0 Å². The smallest absolute Gasteiger partial charge is 0.258 e. The Bertz CT molecular complexity index is 747. The van der Waals surface area contributed by atoms with Crippen molar-refractivity contribution in [3.63, 3.8) is 0 Å². The summed E-state index contributed by atoms with van der Waals surface area (Å²) in [6.07, 6.45) is 1.71. The first-order valence-corrected chi connectivity index (χ1v) is 6.71. The van der Waals surface area contributed by atoms with Gasteiger partial charge in [-0.15, -0.1) is 0 Å². The van der Waals surface area contributed by atoms with E-state index in [-0.39, 0.29) is 6.04 Å². The summed E-state index contributed by atoms with van der Waals surface area (Å²) in [6, 6.07) is 7.63. The zero-order chi connectivity index (χ0) is 14.8. The van der Waals surface area contributed by atoms with Gasteiger partial charge >= 0.3 is 0 Å². The van der Waals surface area contributed by atoms with Crippen LogP contribution in [0.3, 0.4) is 0 Å². The van der Waals surface area contributed by atoms with Crippen LogP contribution >= 0.6 is 0 Å². The van der Waals surface area contributed by atoms with Crippen molar-refractivity contribution in [1.82, 2.24) is 15.1 Å². The second-order valence-electron chi connectivity index (χ2n) is 4.89. The van der Waals surface area contributed by atoms with Crippen molar-refractivity contribution in [1.29, 1.82) is 0 Å². The first-order valence-electron chi connectivity index (χ1n) is 6.71. The van der Waals surface area contributed by atoms with Crippen molar-refractivity contribution in [3.05, 3.63) is 47.8 Å². The average molecular weight is 284 g/mol. The van der Waals surface area contributed by atoms with Crippen LogP contribution in [-0.2, 0) is 0 Å². The minimum Gasteiger partial charge on any atom is -0.464 e. The van der Waals surface area contributed by atoms with Crippen LogP contribution < -0.4 is 5.32 Å². The quantitative estimate of drug-likeness (QED) is 0.790. The number of hydrogen-bond donors (Lipinski definition) is 1. The molecule has 3 heterocycles. The number of pyridine rings is 1. The first-order chi connectivity index (χ1) is 10.1. The second kappa shape index (κ2) is 5.40. The van der Waals surface area contributed by atoms with Gasteiger partial charge in [-0.25, -0.2) is 4.98 Å². The summed E-state index contributed by atoms with van der Waals surface area (Å²) in [6.45, 7) is 5.73. The molecule has 0 aliphatic carbocycles. The first kappa shape index (κ1) is 13.4. The third-order valence-corrected chi connectivity index (χ3v) is 3.09. The summed E-state index contributed by atoms with van der Waals surface area (Å²) >= 11 is 0. The average Bonchev–Trinajstić information content (AvgIpc) is 3.08. The lowest BCUT2D eigenvalue weighted by Gasteiger charge is -2.12. The van der Waals surface area contributed by atoms with E-state index in [2.05, 4.69) is 20.4 Å². The van der Waals surface area contributed by atoms with E-state index in [0.717, 1.165) is 22.9 Å². The van der Waals surface area contributed by atoms with E-state index in [4.69, 9.17) is 8.94 Å². The van der Waals surface area contributed by atoms with Crippen molar-refractivity contribution >= 4 is 5.82 Å². The molecular formula is C15H16N4O2. The fraction of sp³-hybridized carbons (Fsp3) is 0.267. The van der Waals surface area contributed by atoms with Crippen LogP contribution in [0.5, 0.6) is 0 Å². The van der Waals surface area contributed by atoms with Gasteiger partial charge in [0.25, 0.3) is 5.89 Å². The van der Waals surface area contributed by atoms with Gasteiger partial charge in [0.1, 0.15) is 17.3 Å². The molecule has 21 heavy (non-hydrogen) atoms. The lowest BCUT2D eigenvalue weighted by atomic mass is 10.2. The van der Waals surface area contributed by atoms with Crippen LogP contribution in [0.1, 0.15) is 30.3 Å². The van der Waals surface area contributed by atoms with E-state index >= 15 is 0 Å². The maximum Gasteiger partial charge on any atom is 0.258 e. The molecule has 0 saturated carbocycles. The minimum absolute atomic E-state index is 0.0193. The SMILES string of the molecule is Cc1noc(-c2ccnc(N[C@@H](C)c3ccc(C)o3)c2)n1. The number of aryl methyl sites for hydroxylation is 2. The van der Waals surface area contributed by atoms with Crippen LogP contribution in [0.25, 0.3) is 11.5 Å². The minimum atomic E-state index is 0.0193. The van der Waals surface area contributed by atoms with Gasteiger partial charge in [0.15, 0.2) is 5.82 Å². The molecule has 0 spiro atoms. The summed E-state index contributed by atoms with van der Waals surface area (Å²) in [7, 11) is 0. The van der Waals surface area contributed by atoms with Gasteiger partial charge in [-0.1, -0.05) is 5.16 Å². The van der Waals surface area contributed by atoms with Crippen molar-refractivity contribution in [2.24, 2.45) is 0 Å². The molecule has 0 aliphatic heterocycles. The molecule has 1 N–H and O–H groups in total. The number of rotatable bonds is 4. The number of hydrogen-bond acceptors (Lipinski definition) is 6. The highest BCUT2D eigenvalue weighted by Gasteiger charge is 2.12. The fourth-order valence-corrected chi connectivity index (χ4v) is 2.04. The summed E-state index contributed by atoms with van der Waals surface area (Å²) in [5.74, 6) is 3.58. The largest absolute Gasteiger partial charge is 0.464 e. The van der Waals surface area contributed by atoms with Gasteiger partial charge in [0.2, 0.25) is 0 Å². The number of anilines is 1. The van der Waals surface area contributed by atoms with Gasteiger partial charge in [-0.3, -0.25) is 0 Å². The van der Waals surface area contributed by atoms with Crippen molar-refractivity contribution in [2.75, 3.05) is 5.32 Å². The molecule has 6 heteroatoms. The molecule has 0 aliphatic rings. The molecule has 0 amide bonds. The molecule has 3 aromatic heterocycles. The topological polar surface area (TPSA) is 77.0 Å². The molecule has 0 aromatic carbocycles. The highest BCUT2D eigenvalue weighted by molar-refractivity contribution is 5.58. The zero-order valence-corrected chi connectivity index (χ0v) is 12.1. The predicted octanol–water partition coefficient (Wildman–Crippen LogP) is 3.51. The Labute approximate surface area is 122 Å². The molecular weight excluding hydrogens is 268 g/mol. The molecule has 6 nitrogen and oxygen atoms in total. The molecule has 0 unspecified atom stereocenters. The van der Waals surface area contributed by atoms with Gasteiger partial charge < -0.3 is 14.3 Å².